The number of carbonyl (C=O) groups excluding carboxylic acids is 1. The molecule has 2 atom stereocenters. The number of benzene rings is 1. The van der Waals surface area contributed by atoms with Gasteiger partial charge in [-0.2, -0.15) is 0 Å². The van der Waals surface area contributed by atoms with Crippen LogP contribution < -0.4 is 0 Å². The second kappa shape index (κ2) is 20.9. The van der Waals surface area contributed by atoms with Gasteiger partial charge in [-0.25, -0.2) is 4.79 Å². The minimum Gasteiger partial charge on any atom is -0.452 e. The highest BCUT2D eigenvalue weighted by Crippen LogP contribution is 2.14. The molecule has 0 fully saturated rings. The van der Waals surface area contributed by atoms with Crippen molar-refractivity contribution in [3.63, 3.8) is 0 Å². The Kier molecular flexibility index (Phi) is 18.6. The fourth-order valence-electron chi connectivity index (χ4n) is 3.71. The van der Waals surface area contributed by atoms with Crippen LogP contribution >= 0.6 is 0 Å². The Labute approximate surface area is 201 Å². The first-order valence-corrected chi connectivity index (χ1v) is 12.7. The van der Waals surface area contributed by atoms with Crippen molar-refractivity contribution < 1.29 is 23.7 Å². The van der Waals surface area contributed by atoms with Crippen molar-refractivity contribution in [1.82, 2.24) is 0 Å². The van der Waals surface area contributed by atoms with E-state index in [0.717, 1.165) is 12.8 Å². The maximum Gasteiger partial charge on any atom is 0.338 e. The van der Waals surface area contributed by atoms with Gasteiger partial charge in [0, 0.05) is 14.2 Å². The zero-order valence-electron chi connectivity index (χ0n) is 21.1. The van der Waals surface area contributed by atoms with Crippen LogP contribution in [0.3, 0.4) is 0 Å². The molecule has 1 aromatic rings. The third kappa shape index (κ3) is 14.9. The molecule has 0 bridgehead atoms. The summed E-state index contributed by atoms with van der Waals surface area (Å²) in [7, 11) is 3.17. The molecule has 0 aliphatic heterocycles. The van der Waals surface area contributed by atoms with E-state index in [-0.39, 0.29) is 19.4 Å². The molecule has 0 saturated heterocycles. The number of methoxy groups -OCH3 is 2. The molecular formula is C28H46O5. The summed E-state index contributed by atoms with van der Waals surface area (Å²) in [6.45, 7) is 2.71. The Bertz CT molecular complexity index is 602. The van der Waals surface area contributed by atoms with Crippen LogP contribution in [0, 0.1) is 0 Å². The third-order valence-electron chi connectivity index (χ3n) is 5.71. The van der Waals surface area contributed by atoms with Gasteiger partial charge in [-0.05, 0) is 31.1 Å². The largest absolute Gasteiger partial charge is 0.452 e. The molecule has 1 rings (SSSR count). The third-order valence-corrected chi connectivity index (χ3v) is 5.71. The lowest BCUT2D eigenvalue weighted by atomic mass is 10.0. The monoisotopic (exact) mass is 462 g/mol. The summed E-state index contributed by atoms with van der Waals surface area (Å²) in [6, 6.07) is 9.01. The van der Waals surface area contributed by atoms with Crippen molar-refractivity contribution >= 4 is 5.97 Å². The number of hydrogen-bond acceptors (Lipinski definition) is 5. The van der Waals surface area contributed by atoms with Gasteiger partial charge in [0.15, 0.2) is 0 Å². The zero-order chi connectivity index (χ0) is 24.0. The predicted octanol–water partition coefficient (Wildman–Crippen LogP) is 7.10. The topological polar surface area (TPSA) is 54.0 Å². The quantitative estimate of drug-likeness (QED) is 0.0843. The molecule has 5 nitrogen and oxygen atoms in total. The van der Waals surface area contributed by atoms with Gasteiger partial charge in [-0.1, -0.05) is 95.4 Å². The summed E-state index contributed by atoms with van der Waals surface area (Å²) < 4.78 is 21.7. The van der Waals surface area contributed by atoms with E-state index in [0.29, 0.717) is 5.56 Å². The highest BCUT2D eigenvalue weighted by atomic mass is 16.7. The van der Waals surface area contributed by atoms with Crippen molar-refractivity contribution in [3.05, 3.63) is 48.0 Å². The lowest BCUT2D eigenvalue weighted by molar-refractivity contribution is -0.0955. The molecular weight excluding hydrogens is 416 g/mol. The van der Waals surface area contributed by atoms with Crippen molar-refractivity contribution in [2.45, 2.75) is 96.2 Å². The number of allylic oxidation sites excluding steroid dienone is 1. The van der Waals surface area contributed by atoms with Gasteiger partial charge in [0.05, 0.1) is 12.2 Å². The van der Waals surface area contributed by atoms with Crippen LogP contribution in [-0.2, 0) is 18.9 Å². The second-order valence-corrected chi connectivity index (χ2v) is 8.54. The highest BCUT2D eigenvalue weighted by molar-refractivity contribution is 5.89. The average Bonchev–Trinajstić information content (AvgIpc) is 2.84. The first-order chi connectivity index (χ1) is 16.2. The standard InChI is InChI=1S/C28H46O5/c1-4-5-6-7-8-9-10-11-12-13-14-15-19-22-26(27(31-3)23-32-24-30-2)33-28(29)25-20-17-16-18-21-25/h16-22,26-27H,4-15,23-24H2,1-3H3/b22-19+/t26-,27-/m1/s1. The van der Waals surface area contributed by atoms with Crippen LogP contribution in [0.5, 0.6) is 0 Å². The summed E-state index contributed by atoms with van der Waals surface area (Å²) >= 11 is 0. The molecule has 0 radical (unpaired) electrons. The van der Waals surface area contributed by atoms with E-state index in [4.69, 9.17) is 18.9 Å². The minimum absolute atomic E-state index is 0.168. The lowest BCUT2D eigenvalue weighted by Crippen LogP contribution is -2.35. The molecule has 33 heavy (non-hydrogen) atoms. The van der Waals surface area contributed by atoms with Crippen LogP contribution in [0.4, 0.5) is 0 Å². The van der Waals surface area contributed by atoms with Crippen LogP contribution in [0.25, 0.3) is 0 Å². The SMILES string of the molecule is CCCCCCCCCCCCC/C=C/[C@@H](OC(=O)c1ccccc1)[C@@H](COCOC)OC. The molecule has 0 unspecified atom stereocenters. The molecule has 5 heteroatoms. The van der Waals surface area contributed by atoms with Crippen LogP contribution in [0.1, 0.15) is 94.3 Å². The molecule has 188 valence electrons. The van der Waals surface area contributed by atoms with E-state index >= 15 is 0 Å². The van der Waals surface area contributed by atoms with Gasteiger partial charge in [-0.15, -0.1) is 0 Å². The van der Waals surface area contributed by atoms with Crippen molar-refractivity contribution in [2.24, 2.45) is 0 Å². The average molecular weight is 463 g/mol. The van der Waals surface area contributed by atoms with Gasteiger partial charge in [0.1, 0.15) is 19.0 Å². The number of esters is 1. The molecule has 0 aliphatic rings. The van der Waals surface area contributed by atoms with Crippen LogP contribution in [0.15, 0.2) is 42.5 Å². The van der Waals surface area contributed by atoms with E-state index in [1.807, 2.05) is 24.3 Å². The number of carbonyl (C=O) groups is 1. The number of hydrogen-bond donors (Lipinski definition) is 0. The number of rotatable bonds is 21. The lowest BCUT2D eigenvalue weighted by Gasteiger charge is -2.23. The Morgan fingerprint density at radius 1 is 0.879 bits per heavy atom. The number of unbranched alkanes of at least 4 members (excludes halogenated alkanes) is 11. The summed E-state index contributed by atoms with van der Waals surface area (Å²) in [6.07, 6.45) is 18.7. The molecule has 0 spiro atoms. The maximum atomic E-state index is 12.6. The van der Waals surface area contributed by atoms with Crippen molar-refractivity contribution in [1.29, 1.82) is 0 Å². The van der Waals surface area contributed by atoms with Crippen molar-refractivity contribution in [3.8, 4) is 0 Å². The van der Waals surface area contributed by atoms with Gasteiger partial charge in [0.25, 0.3) is 0 Å². The van der Waals surface area contributed by atoms with E-state index in [2.05, 4.69) is 13.0 Å². The molecule has 0 aromatic heterocycles. The normalized spacial score (nSPS) is 13.3. The maximum absolute atomic E-state index is 12.6. The highest BCUT2D eigenvalue weighted by Gasteiger charge is 2.24. The molecule has 0 N–H and O–H groups in total. The molecule has 1 aromatic carbocycles. The van der Waals surface area contributed by atoms with Crippen LogP contribution in [0.2, 0.25) is 0 Å². The fourth-order valence-corrected chi connectivity index (χ4v) is 3.71. The van der Waals surface area contributed by atoms with E-state index in [1.54, 1.807) is 26.4 Å². The molecule has 0 aliphatic carbocycles. The summed E-state index contributed by atoms with van der Waals surface area (Å²) in [5.41, 5.74) is 0.522. The van der Waals surface area contributed by atoms with Gasteiger partial charge in [-0.3, -0.25) is 0 Å². The summed E-state index contributed by atoms with van der Waals surface area (Å²) in [4.78, 5) is 12.6. The Hall–Kier alpha value is -1.69. The second-order valence-electron chi connectivity index (χ2n) is 8.54. The van der Waals surface area contributed by atoms with E-state index in [9.17, 15) is 4.79 Å². The Morgan fingerprint density at radius 2 is 1.48 bits per heavy atom. The van der Waals surface area contributed by atoms with Crippen LogP contribution in [-0.4, -0.2) is 45.8 Å². The smallest absolute Gasteiger partial charge is 0.338 e. The first kappa shape index (κ1) is 29.3. The Morgan fingerprint density at radius 3 is 2.06 bits per heavy atom. The zero-order valence-corrected chi connectivity index (χ0v) is 21.1. The Balaban J connectivity index is 2.37. The van der Waals surface area contributed by atoms with Crippen molar-refractivity contribution in [2.75, 3.05) is 27.6 Å². The fraction of sp³-hybridized carbons (Fsp3) is 0.679. The molecule has 0 saturated carbocycles. The minimum atomic E-state index is -0.521. The number of ether oxygens (including phenoxy) is 4. The first-order valence-electron chi connectivity index (χ1n) is 12.7. The van der Waals surface area contributed by atoms with Gasteiger partial charge in [0.2, 0.25) is 0 Å². The summed E-state index contributed by atoms with van der Waals surface area (Å²) in [5.74, 6) is -0.367. The van der Waals surface area contributed by atoms with Gasteiger partial charge < -0.3 is 18.9 Å². The van der Waals surface area contributed by atoms with E-state index < -0.39 is 12.2 Å². The molecule has 0 amide bonds. The summed E-state index contributed by atoms with van der Waals surface area (Å²) in [5, 5.41) is 0. The van der Waals surface area contributed by atoms with E-state index in [1.165, 1.54) is 64.2 Å². The molecule has 0 heterocycles. The van der Waals surface area contributed by atoms with Gasteiger partial charge >= 0.3 is 5.97 Å². The predicted molar refractivity (Wildman–Crippen MR) is 134 cm³/mol.